The van der Waals surface area contributed by atoms with Gasteiger partial charge in [0.1, 0.15) is 7.05 Å². The van der Waals surface area contributed by atoms with E-state index in [0.717, 1.165) is 0 Å². The Labute approximate surface area is 54.5 Å². The molecule has 0 bridgehead atoms. The van der Waals surface area contributed by atoms with Crippen molar-refractivity contribution in [2.75, 3.05) is 27.8 Å². The summed E-state index contributed by atoms with van der Waals surface area (Å²) in [6.45, 7) is 0.174. The van der Waals surface area contributed by atoms with E-state index >= 15 is 0 Å². The van der Waals surface area contributed by atoms with Crippen molar-refractivity contribution in [3.8, 4) is 0 Å². The molecule has 9 heavy (non-hydrogen) atoms. The summed E-state index contributed by atoms with van der Waals surface area (Å²) in [5.74, 6) is 0. The fourth-order valence-corrected chi connectivity index (χ4v) is 0.369. The van der Waals surface area contributed by atoms with Crippen molar-refractivity contribution < 1.29 is 4.70 Å². The Balaban J connectivity index is 3.75. The highest BCUT2D eigenvalue weighted by Gasteiger charge is 2.15. The number of quaternary nitrogens is 1. The van der Waals surface area contributed by atoms with Gasteiger partial charge in [0.05, 0.1) is 0 Å². The molecule has 0 radical (unpaired) electrons. The van der Waals surface area contributed by atoms with Crippen LogP contribution in [-0.2, 0) is 0 Å². The Bertz CT molecular complexity index is 90.6. The van der Waals surface area contributed by atoms with Gasteiger partial charge in [-0.25, -0.2) is 0 Å². The van der Waals surface area contributed by atoms with Gasteiger partial charge in [-0.3, -0.25) is 0 Å². The lowest BCUT2D eigenvalue weighted by Crippen LogP contribution is -2.60. The largest absolute Gasteiger partial charge is 0.246 e. The average Bonchev–Trinajstić information content (AvgIpc) is 1.89. The Morgan fingerprint density at radius 1 is 1.44 bits per heavy atom. The van der Waals surface area contributed by atoms with E-state index in [1.54, 1.807) is 21.1 Å². The van der Waals surface area contributed by atoms with Gasteiger partial charge < -0.3 is 0 Å². The second kappa shape index (κ2) is 3.49. The topological polar surface area (TPSA) is 53.5 Å². The second-order valence-electron chi connectivity index (χ2n) is 1.91. The van der Waals surface area contributed by atoms with E-state index in [1.165, 1.54) is 0 Å². The van der Waals surface area contributed by atoms with Gasteiger partial charge in [0.15, 0.2) is 0 Å². The summed E-state index contributed by atoms with van der Waals surface area (Å²) in [7, 11) is 5.31. The van der Waals surface area contributed by atoms with Gasteiger partial charge in [-0.1, -0.05) is 0 Å². The zero-order valence-electron chi connectivity index (χ0n) is 6.01. The average molecular weight is 133 g/mol. The summed E-state index contributed by atoms with van der Waals surface area (Å²) < 4.78 is 0.253. The molecule has 5 nitrogen and oxygen atoms in total. The molecule has 0 saturated heterocycles. The first-order valence-electron chi connectivity index (χ1n) is 2.71. The monoisotopic (exact) mass is 133 g/mol. The molecule has 0 aromatic carbocycles. The maximum atomic E-state index is 9.79. The lowest BCUT2D eigenvalue weighted by atomic mass is 10.9. The highest BCUT2D eigenvalue weighted by atomic mass is 16.3. The molecule has 0 atom stereocenters. The van der Waals surface area contributed by atoms with Gasteiger partial charge >= 0.3 is 0 Å². The van der Waals surface area contributed by atoms with E-state index in [9.17, 15) is 4.91 Å². The van der Waals surface area contributed by atoms with Crippen molar-refractivity contribution in [2.45, 2.75) is 0 Å². The van der Waals surface area contributed by atoms with E-state index in [4.69, 9.17) is 0 Å². The summed E-state index contributed by atoms with van der Waals surface area (Å²) in [4.78, 5) is 9.79. The van der Waals surface area contributed by atoms with Crippen LogP contribution in [0.5, 0.6) is 0 Å². The third-order valence-electron chi connectivity index (χ3n) is 1.33. The van der Waals surface area contributed by atoms with Gasteiger partial charge in [-0.15, -0.1) is 15.8 Å². The first kappa shape index (κ1) is 8.48. The quantitative estimate of drug-likeness (QED) is 0.306. The standard InChI is InChI=1S/C4H13N4O/c1-5-8(3,6-2)4-7-9/h5-6H,4H2,1-3H3/q+1. The fraction of sp³-hybridized carbons (Fsp3) is 1.00. The van der Waals surface area contributed by atoms with E-state index < -0.39 is 0 Å². The van der Waals surface area contributed by atoms with Crippen LogP contribution in [0.4, 0.5) is 0 Å². The first-order valence-corrected chi connectivity index (χ1v) is 2.71. The lowest BCUT2D eigenvalue weighted by molar-refractivity contribution is -0.988. The van der Waals surface area contributed by atoms with Crippen LogP contribution in [0, 0.1) is 4.91 Å². The number of nitrogens with zero attached hydrogens (tertiary/aromatic N) is 2. The molecule has 0 saturated carbocycles. The SMILES string of the molecule is CN[N+](C)(CN=O)NC. The molecule has 5 heteroatoms. The van der Waals surface area contributed by atoms with Crippen LogP contribution in [0.15, 0.2) is 5.18 Å². The molecule has 0 aromatic rings. The van der Waals surface area contributed by atoms with E-state index in [0.29, 0.717) is 0 Å². The van der Waals surface area contributed by atoms with Crippen LogP contribution in [0.2, 0.25) is 0 Å². The maximum Gasteiger partial charge on any atom is 0.246 e. The predicted molar refractivity (Wildman–Crippen MR) is 35.0 cm³/mol. The van der Waals surface area contributed by atoms with E-state index in [-0.39, 0.29) is 11.4 Å². The van der Waals surface area contributed by atoms with Crippen LogP contribution >= 0.6 is 0 Å². The van der Waals surface area contributed by atoms with Crippen LogP contribution in [0.1, 0.15) is 0 Å². The number of nitroso groups, excluding NO2 is 1. The minimum absolute atomic E-state index is 0.174. The van der Waals surface area contributed by atoms with E-state index in [1.807, 2.05) is 0 Å². The third kappa shape index (κ3) is 2.50. The molecule has 0 amide bonds. The molecule has 0 aromatic heterocycles. The summed E-state index contributed by atoms with van der Waals surface area (Å²) in [5, 5.41) is 2.75. The highest BCUT2D eigenvalue weighted by molar-refractivity contribution is 4.20. The molecule has 0 aliphatic heterocycles. The van der Waals surface area contributed by atoms with Gasteiger partial charge in [-0.2, -0.15) is 4.70 Å². The number of hydrogen-bond acceptors (Lipinski definition) is 4. The van der Waals surface area contributed by atoms with E-state index in [2.05, 4.69) is 16.0 Å². The van der Waals surface area contributed by atoms with Crippen LogP contribution in [-0.4, -0.2) is 32.5 Å². The minimum Gasteiger partial charge on any atom is -0.153 e. The first-order chi connectivity index (χ1) is 4.18. The van der Waals surface area contributed by atoms with Gasteiger partial charge in [-0.05, 0) is 5.18 Å². The zero-order chi connectivity index (χ0) is 7.33. The minimum atomic E-state index is 0.174. The lowest BCUT2D eigenvalue weighted by Gasteiger charge is -2.26. The van der Waals surface area contributed by atoms with Crippen molar-refractivity contribution in [1.82, 2.24) is 10.9 Å². The normalized spacial score (nSPS) is 11.4. The van der Waals surface area contributed by atoms with Crippen LogP contribution in [0.25, 0.3) is 0 Å². The molecule has 0 aliphatic carbocycles. The van der Waals surface area contributed by atoms with Crippen LogP contribution in [0.3, 0.4) is 0 Å². The molecular weight excluding hydrogens is 120 g/mol. The number of nitrogens with one attached hydrogen (secondary N) is 2. The molecular formula is C4H13N4O+. The molecule has 0 heterocycles. The number of hydrogen-bond donors (Lipinski definition) is 2. The van der Waals surface area contributed by atoms with Crippen molar-refractivity contribution in [2.24, 2.45) is 5.18 Å². The van der Waals surface area contributed by atoms with Crippen molar-refractivity contribution in [3.05, 3.63) is 4.91 Å². The summed E-state index contributed by atoms with van der Waals surface area (Å²) in [6, 6.07) is 0. The van der Waals surface area contributed by atoms with Crippen molar-refractivity contribution in [3.63, 3.8) is 0 Å². The van der Waals surface area contributed by atoms with Crippen molar-refractivity contribution in [1.29, 1.82) is 0 Å². The molecule has 0 rings (SSSR count). The molecule has 2 N–H and O–H groups in total. The smallest absolute Gasteiger partial charge is 0.153 e. The highest BCUT2D eigenvalue weighted by Crippen LogP contribution is 1.86. The Hall–Kier alpha value is -0.520. The molecule has 0 spiro atoms. The molecule has 0 fully saturated rings. The molecule has 0 aliphatic rings. The van der Waals surface area contributed by atoms with Gasteiger partial charge in [0.25, 0.3) is 0 Å². The van der Waals surface area contributed by atoms with Gasteiger partial charge in [0, 0.05) is 14.1 Å². The Morgan fingerprint density at radius 3 is 2.00 bits per heavy atom. The second-order valence-corrected chi connectivity index (χ2v) is 1.91. The van der Waals surface area contributed by atoms with Gasteiger partial charge in [0.2, 0.25) is 6.67 Å². The molecule has 54 valence electrons. The fourth-order valence-electron chi connectivity index (χ4n) is 0.369. The van der Waals surface area contributed by atoms with Crippen molar-refractivity contribution >= 4 is 0 Å². The van der Waals surface area contributed by atoms with Crippen LogP contribution < -0.4 is 10.9 Å². The zero-order valence-corrected chi connectivity index (χ0v) is 6.01. The summed E-state index contributed by atoms with van der Waals surface area (Å²) in [6.07, 6.45) is 0. The predicted octanol–water partition coefficient (Wildman–Crippen LogP) is -0.574. The summed E-state index contributed by atoms with van der Waals surface area (Å²) in [5.41, 5.74) is 5.72. The Kier molecular flexibility index (Phi) is 3.29. The maximum absolute atomic E-state index is 9.79. The molecule has 0 unspecified atom stereocenters. The summed E-state index contributed by atoms with van der Waals surface area (Å²) >= 11 is 0. The third-order valence-corrected chi connectivity index (χ3v) is 1.33. The number of rotatable bonds is 4. The Morgan fingerprint density at radius 2 is 1.89 bits per heavy atom.